The molecule has 0 aliphatic heterocycles. The highest BCUT2D eigenvalue weighted by molar-refractivity contribution is 6.00. The molecule has 0 N–H and O–H groups in total. The van der Waals surface area contributed by atoms with Gasteiger partial charge in [0.15, 0.2) is 5.82 Å². The summed E-state index contributed by atoms with van der Waals surface area (Å²) in [5, 5.41) is 12.6. The van der Waals surface area contributed by atoms with Crippen molar-refractivity contribution in [1.29, 1.82) is 5.26 Å². The van der Waals surface area contributed by atoms with Crippen LogP contribution in [0.25, 0.3) is 72.5 Å². The van der Waals surface area contributed by atoms with Crippen molar-refractivity contribution in [2.75, 3.05) is 0 Å². The van der Waals surface area contributed by atoms with E-state index in [-0.39, 0.29) is 5.92 Å². The van der Waals surface area contributed by atoms with Crippen LogP contribution in [0.2, 0.25) is 0 Å². The molecule has 1 spiro atoms. The number of fused-ring (bicyclic) bond motifs is 10. The van der Waals surface area contributed by atoms with Gasteiger partial charge >= 0.3 is 0 Å². The van der Waals surface area contributed by atoms with Crippen LogP contribution >= 0.6 is 0 Å². The van der Waals surface area contributed by atoms with Crippen LogP contribution < -0.4 is 0 Å². The van der Waals surface area contributed by atoms with Gasteiger partial charge in [-0.2, -0.15) is 5.26 Å². The molecule has 3 aliphatic rings. The number of benzene rings is 7. The van der Waals surface area contributed by atoms with E-state index in [4.69, 9.17) is 9.97 Å². The van der Waals surface area contributed by atoms with Gasteiger partial charge in [0.1, 0.15) is 0 Å². The van der Waals surface area contributed by atoms with E-state index < -0.39 is 5.41 Å². The topological polar surface area (TPSA) is 49.6 Å². The normalized spacial score (nSPS) is 15.7. The number of hydrogen-bond donors (Lipinski definition) is 0. The number of hydrogen-bond acceptors (Lipinski definition) is 3. The van der Waals surface area contributed by atoms with Gasteiger partial charge in [-0.25, -0.2) is 9.97 Å². The highest BCUT2D eigenvalue weighted by Gasteiger charge is 2.53. The Balaban J connectivity index is 1.11. The monoisotopic (exact) mass is 699 g/mol. The van der Waals surface area contributed by atoms with Crippen LogP contribution in [0.15, 0.2) is 188 Å². The van der Waals surface area contributed by atoms with Crippen LogP contribution in [0.4, 0.5) is 0 Å². The van der Waals surface area contributed by atoms with Gasteiger partial charge in [-0.15, -0.1) is 0 Å². The zero-order valence-corrected chi connectivity index (χ0v) is 29.9. The van der Waals surface area contributed by atoms with Crippen molar-refractivity contribution >= 4 is 16.3 Å². The third kappa shape index (κ3) is 4.68. The van der Waals surface area contributed by atoms with E-state index in [9.17, 15) is 5.26 Å². The minimum absolute atomic E-state index is 0.181. The van der Waals surface area contributed by atoms with Crippen molar-refractivity contribution in [3.05, 3.63) is 210 Å². The molecular formula is C52H33N3. The first-order valence-corrected chi connectivity index (χ1v) is 18.9. The van der Waals surface area contributed by atoms with Gasteiger partial charge in [-0.1, -0.05) is 164 Å². The van der Waals surface area contributed by atoms with Gasteiger partial charge in [0.05, 0.1) is 28.8 Å². The maximum absolute atomic E-state index is 10.2. The minimum Gasteiger partial charge on any atom is -0.228 e. The molecule has 55 heavy (non-hydrogen) atoms. The lowest BCUT2D eigenvalue weighted by molar-refractivity contribution is 0.767. The van der Waals surface area contributed by atoms with Crippen LogP contribution in [-0.2, 0) is 5.41 Å². The van der Waals surface area contributed by atoms with E-state index in [0.29, 0.717) is 12.2 Å². The fraction of sp³-hybridized carbons (Fsp3) is 0.0577. The first-order chi connectivity index (χ1) is 27.2. The fourth-order valence-electron chi connectivity index (χ4n) is 9.43. The Kier molecular flexibility index (Phi) is 6.96. The van der Waals surface area contributed by atoms with E-state index >= 15 is 0 Å². The Morgan fingerprint density at radius 3 is 1.91 bits per heavy atom. The zero-order chi connectivity index (χ0) is 36.5. The maximum Gasteiger partial charge on any atom is 0.160 e. The van der Waals surface area contributed by atoms with Crippen LogP contribution in [0.3, 0.4) is 0 Å². The summed E-state index contributed by atoms with van der Waals surface area (Å²) in [4.78, 5) is 10.4. The predicted molar refractivity (Wildman–Crippen MR) is 223 cm³/mol. The Hall–Kier alpha value is -7.15. The van der Waals surface area contributed by atoms with Gasteiger partial charge in [0, 0.05) is 16.7 Å². The average Bonchev–Trinajstić information content (AvgIpc) is 3.73. The second kappa shape index (κ2) is 12.2. The van der Waals surface area contributed by atoms with E-state index in [2.05, 4.69) is 182 Å². The van der Waals surface area contributed by atoms with E-state index in [0.717, 1.165) is 39.0 Å². The average molecular weight is 700 g/mol. The van der Waals surface area contributed by atoms with Gasteiger partial charge < -0.3 is 0 Å². The summed E-state index contributed by atoms with van der Waals surface area (Å²) in [5.41, 5.74) is 16.9. The van der Waals surface area contributed by atoms with Crippen LogP contribution in [0, 0.1) is 17.2 Å². The molecule has 0 radical (unpaired) electrons. The number of rotatable bonds is 4. The Labute approximate surface area is 320 Å². The molecule has 1 atom stereocenters. The molecular weight excluding hydrogens is 667 g/mol. The first-order valence-electron chi connectivity index (χ1n) is 18.9. The summed E-state index contributed by atoms with van der Waals surface area (Å²) < 4.78 is 0. The molecule has 8 aromatic rings. The molecule has 7 aromatic carbocycles. The first kappa shape index (κ1) is 31.4. The quantitative estimate of drug-likeness (QED) is 0.184. The van der Waals surface area contributed by atoms with Crippen LogP contribution in [0.5, 0.6) is 0 Å². The standard InChI is InChI=1S/C52H33N3/c53-32-33-24-27-46-43(28-33)50-40(20-11-23-47(50)52(46)44-21-8-6-18-41(44)42-19-7-9-22-45(42)52)37-16-10-17-38(30-37)49-31-48(35-13-2-1-3-14-35)54-51(55-49)39-26-25-34-12-4-5-15-36(34)29-39/h1-27,29-31,33H,28H2. The highest BCUT2D eigenvalue weighted by atomic mass is 14.9. The number of nitrogens with zero attached hydrogens (tertiary/aromatic N) is 3. The van der Waals surface area contributed by atoms with E-state index in [1.807, 2.05) is 6.07 Å². The lowest BCUT2D eigenvalue weighted by Gasteiger charge is -2.32. The maximum atomic E-state index is 10.2. The Morgan fingerprint density at radius 1 is 0.509 bits per heavy atom. The number of allylic oxidation sites excluding steroid dienone is 4. The molecule has 3 aliphatic carbocycles. The largest absolute Gasteiger partial charge is 0.228 e. The summed E-state index contributed by atoms with van der Waals surface area (Å²) in [6.07, 6.45) is 5.05. The molecule has 1 heterocycles. The van der Waals surface area contributed by atoms with Crippen LogP contribution in [-0.4, -0.2) is 9.97 Å². The molecule has 11 rings (SSSR count). The van der Waals surface area contributed by atoms with E-state index in [1.54, 1.807) is 0 Å². The molecule has 3 heteroatoms. The van der Waals surface area contributed by atoms with Gasteiger partial charge in [0.2, 0.25) is 0 Å². The molecule has 1 aromatic heterocycles. The lowest BCUT2D eigenvalue weighted by Crippen LogP contribution is -2.27. The predicted octanol–water partition coefficient (Wildman–Crippen LogP) is 12.5. The Morgan fingerprint density at radius 2 is 1.13 bits per heavy atom. The molecule has 1 unspecified atom stereocenters. The minimum atomic E-state index is -0.450. The smallest absolute Gasteiger partial charge is 0.160 e. The summed E-state index contributed by atoms with van der Waals surface area (Å²) in [6, 6.07) is 63.2. The van der Waals surface area contributed by atoms with Crippen molar-refractivity contribution in [2.24, 2.45) is 5.92 Å². The summed E-state index contributed by atoms with van der Waals surface area (Å²) in [5.74, 6) is 0.513. The molecule has 0 fully saturated rings. The van der Waals surface area contributed by atoms with Crippen molar-refractivity contribution < 1.29 is 0 Å². The molecule has 0 amide bonds. The van der Waals surface area contributed by atoms with Crippen LogP contribution in [0.1, 0.15) is 28.7 Å². The zero-order valence-electron chi connectivity index (χ0n) is 29.9. The van der Waals surface area contributed by atoms with Crippen molar-refractivity contribution in [3.8, 4) is 62.2 Å². The third-order valence-electron chi connectivity index (χ3n) is 11.8. The molecule has 0 bridgehead atoms. The van der Waals surface area contributed by atoms with Gasteiger partial charge in [-0.3, -0.25) is 0 Å². The van der Waals surface area contributed by atoms with Crippen molar-refractivity contribution in [2.45, 2.75) is 11.8 Å². The second-order valence-electron chi connectivity index (χ2n) is 14.7. The van der Waals surface area contributed by atoms with Gasteiger partial charge in [-0.05, 0) is 91.0 Å². The fourth-order valence-corrected chi connectivity index (χ4v) is 9.43. The lowest BCUT2D eigenvalue weighted by atomic mass is 9.68. The molecule has 0 saturated heterocycles. The SMILES string of the molecule is N#CC1C=CC2=C(C1)c1c(-c3cccc(-c4cc(-c5ccccc5)nc(-c5ccc6ccccc6c5)n4)c3)cccc1C21c2ccccc2-c2ccccc21. The highest BCUT2D eigenvalue weighted by Crippen LogP contribution is 2.64. The second-order valence-corrected chi connectivity index (χ2v) is 14.7. The Bertz CT molecular complexity index is 2930. The third-order valence-corrected chi connectivity index (χ3v) is 11.8. The van der Waals surface area contributed by atoms with E-state index in [1.165, 1.54) is 55.5 Å². The molecule has 3 nitrogen and oxygen atoms in total. The summed E-state index contributed by atoms with van der Waals surface area (Å²) >= 11 is 0. The summed E-state index contributed by atoms with van der Waals surface area (Å²) in [6.45, 7) is 0. The van der Waals surface area contributed by atoms with Gasteiger partial charge in [0.25, 0.3) is 0 Å². The summed E-state index contributed by atoms with van der Waals surface area (Å²) in [7, 11) is 0. The molecule has 0 saturated carbocycles. The molecule has 256 valence electrons. The van der Waals surface area contributed by atoms with Crippen molar-refractivity contribution in [3.63, 3.8) is 0 Å². The number of nitriles is 1. The van der Waals surface area contributed by atoms with Crippen molar-refractivity contribution in [1.82, 2.24) is 9.97 Å². The number of aromatic nitrogens is 2.